The van der Waals surface area contributed by atoms with Crippen LogP contribution in [0.25, 0.3) is 0 Å². The first-order valence-electron chi connectivity index (χ1n) is 7.63. The van der Waals surface area contributed by atoms with E-state index in [1.54, 1.807) is 0 Å². The molecule has 0 aromatic heterocycles. The highest BCUT2D eigenvalue weighted by molar-refractivity contribution is 5.85. The molecule has 2 rings (SSSR count). The Morgan fingerprint density at radius 2 is 1.84 bits per heavy atom. The molecular weight excluding hydrogens is 260 g/mol. The molecule has 0 aromatic rings. The number of likely N-dealkylation sites (tertiary alicyclic amines) is 1. The Balaban J connectivity index is 0.00000180. The van der Waals surface area contributed by atoms with Gasteiger partial charge < -0.3 is 10.6 Å². The summed E-state index contributed by atoms with van der Waals surface area (Å²) in [5.74, 6) is 1.43. The van der Waals surface area contributed by atoms with E-state index >= 15 is 0 Å². The molecule has 2 unspecified atom stereocenters. The zero-order chi connectivity index (χ0) is 13.1. The van der Waals surface area contributed by atoms with Gasteiger partial charge in [-0.1, -0.05) is 19.8 Å². The first kappa shape index (κ1) is 16.8. The minimum atomic E-state index is 0. The maximum absolute atomic E-state index is 12.5. The molecule has 112 valence electrons. The van der Waals surface area contributed by atoms with Crippen LogP contribution < -0.4 is 5.73 Å². The monoisotopic (exact) mass is 288 g/mol. The van der Waals surface area contributed by atoms with E-state index in [2.05, 4.69) is 18.7 Å². The van der Waals surface area contributed by atoms with Crippen molar-refractivity contribution in [2.75, 3.05) is 6.54 Å². The summed E-state index contributed by atoms with van der Waals surface area (Å²) in [5, 5.41) is 0. The standard InChI is InChI=1S/C15H28N2O.ClH/c1-11-5-3-6-12(2)17(10-11)15(18)9-13-7-4-8-14(13)16;/h11-14H,3-10,16H2,1-2H3;1H/t11?,12?,13-,14+;/m0./s1. The highest BCUT2D eigenvalue weighted by Crippen LogP contribution is 2.29. The zero-order valence-corrected chi connectivity index (χ0v) is 13.1. The third-order valence-electron chi connectivity index (χ3n) is 4.83. The van der Waals surface area contributed by atoms with Gasteiger partial charge in [0.15, 0.2) is 0 Å². The summed E-state index contributed by atoms with van der Waals surface area (Å²) < 4.78 is 0. The number of amides is 1. The van der Waals surface area contributed by atoms with Gasteiger partial charge in [-0.2, -0.15) is 0 Å². The third-order valence-corrected chi connectivity index (χ3v) is 4.83. The number of hydrogen-bond acceptors (Lipinski definition) is 2. The van der Waals surface area contributed by atoms with Gasteiger partial charge in [-0.3, -0.25) is 4.79 Å². The van der Waals surface area contributed by atoms with Crippen molar-refractivity contribution in [2.45, 2.75) is 70.9 Å². The van der Waals surface area contributed by atoms with Crippen LogP contribution in [0.15, 0.2) is 0 Å². The zero-order valence-electron chi connectivity index (χ0n) is 12.3. The van der Waals surface area contributed by atoms with E-state index in [1.165, 1.54) is 19.3 Å². The molecule has 0 spiro atoms. The quantitative estimate of drug-likeness (QED) is 0.849. The Bertz CT molecular complexity index is 298. The molecule has 3 nitrogen and oxygen atoms in total. The Kier molecular flexibility index (Phi) is 6.61. The second-order valence-electron chi connectivity index (χ2n) is 6.49. The molecule has 1 amide bonds. The molecular formula is C15H29ClN2O. The topological polar surface area (TPSA) is 46.3 Å². The average Bonchev–Trinajstić information content (AvgIpc) is 2.62. The molecule has 2 N–H and O–H groups in total. The van der Waals surface area contributed by atoms with Crippen LogP contribution in [0.4, 0.5) is 0 Å². The number of carbonyl (C=O) groups is 1. The average molecular weight is 289 g/mol. The minimum absolute atomic E-state index is 0. The summed E-state index contributed by atoms with van der Waals surface area (Å²) >= 11 is 0. The Morgan fingerprint density at radius 3 is 2.47 bits per heavy atom. The van der Waals surface area contributed by atoms with Crippen LogP contribution in [0.5, 0.6) is 0 Å². The van der Waals surface area contributed by atoms with E-state index < -0.39 is 0 Å². The van der Waals surface area contributed by atoms with E-state index in [1.807, 2.05) is 0 Å². The summed E-state index contributed by atoms with van der Waals surface area (Å²) in [6.45, 7) is 5.41. The van der Waals surface area contributed by atoms with Crippen molar-refractivity contribution >= 4 is 18.3 Å². The normalized spacial score (nSPS) is 35.6. The Morgan fingerprint density at radius 1 is 1.16 bits per heavy atom. The van der Waals surface area contributed by atoms with Crippen molar-refractivity contribution in [1.82, 2.24) is 4.90 Å². The highest BCUT2D eigenvalue weighted by atomic mass is 35.5. The largest absolute Gasteiger partial charge is 0.340 e. The van der Waals surface area contributed by atoms with Gasteiger partial charge >= 0.3 is 0 Å². The van der Waals surface area contributed by atoms with E-state index in [-0.39, 0.29) is 18.4 Å². The fourth-order valence-corrected chi connectivity index (χ4v) is 3.53. The Hall–Kier alpha value is -0.280. The van der Waals surface area contributed by atoms with Crippen molar-refractivity contribution in [2.24, 2.45) is 17.6 Å². The van der Waals surface area contributed by atoms with Gasteiger partial charge in [-0.25, -0.2) is 0 Å². The molecule has 0 bridgehead atoms. The van der Waals surface area contributed by atoms with Gasteiger partial charge in [0.25, 0.3) is 0 Å². The number of rotatable bonds is 2. The molecule has 4 heteroatoms. The molecule has 1 aliphatic carbocycles. The highest BCUT2D eigenvalue weighted by Gasteiger charge is 2.30. The van der Waals surface area contributed by atoms with Crippen LogP contribution >= 0.6 is 12.4 Å². The lowest BCUT2D eigenvalue weighted by Gasteiger charge is -2.30. The summed E-state index contributed by atoms with van der Waals surface area (Å²) in [6, 6.07) is 0.675. The summed E-state index contributed by atoms with van der Waals surface area (Å²) in [6.07, 6.45) is 7.80. The van der Waals surface area contributed by atoms with Gasteiger partial charge in [0.2, 0.25) is 5.91 Å². The fraction of sp³-hybridized carbons (Fsp3) is 0.933. The first-order valence-corrected chi connectivity index (χ1v) is 7.63. The van der Waals surface area contributed by atoms with Crippen LogP contribution in [0.1, 0.15) is 58.8 Å². The van der Waals surface area contributed by atoms with Crippen LogP contribution in [0.2, 0.25) is 0 Å². The van der Waals surface area contributed by atoms with E-state index in [9.17, 15) is 4.79 Å². The number of nitrogens with two attached hydrogens (primary N) is 1. The summed E-state index contributed by atoms with van der Waals surface area (Å²) in [5.41, 5.74) is 6.08. The van der Waals surface area contributed by atoms with Gasteiger partial charge in [-0.05, 0) is 44.4 Å². The van der Waals surface area contributed by atoms with Crippen molar-refractivity contribution in [3.05, 3.63) is 0 Å². The molecule has 1 aliphatic heterocycles. The van der Waals surface area contributed by atoms with E-state index in [0.29, 0.717) is 30.2 Å². The fourth-order valence-electron chi connectivity index (χ4n) is 3.53. The van der Waals surface area contributed by atoms with Gasteiger partial charge in [0.1, 0.15) is 0 Å². The molecule has 0 radical (unpaired) electrons. The number of carbonyl (C=O) groups excluding carboxylic acids is 1. The maximum atomic E-state index is 12.5. The van der Waals surface area contributed by atoms with Crippen molar-refractivity contribution in [3.8, 4) is 0 Å². The lowest BCUT2D eigenvalue weighted by Crippen LogP contribution is -2.41. The molecule has 19 heavy (non-hydrogen) atoms. The third kappa shape index (κ3) is 4.35. The molecule has 2 fully saturated rings. The van der Waals surface area contributed by atoms with Crippen LogP contribution in [-0.4, -0.2) is 29.4 Å². The van der Waals surface area contributed by atoms with Crippen LogP contribution in [0.3, 0.4) is 0 Å². The lowest BCUT2D eigenvalue weighted by atomic mass is 9.98. The van der Waals surface area contributed by atoms with E-state index in [4.69, 9.17) is 5.73 Å². The van der Waals surface area contributed by atoms with Crippen LogP contribution in [0, 0.1) is 11.8 Å². The molecule has 1 heterocycles. The number of halogens is 1. The van der Waals surface area contributed by atoms with E-state index in [0.717, 1.165) is 25.8 Å². The summed E-state index contributed by atoms with van der Waals surface area (Å²) in [7, 11) is 0. The molecule has 1 saturated heterocycles. The Labute approximate surface area is 123 Å². The smallest absolute Gasteiger partial charge is 0.223 e. The van der Waals surface area contributed by atoms with Gasteiger partial charge in [0.05, 0.1) is 0 Å². The minimum Gasteiger partial charge on any atom is -0.340 e. The number of hydrogen-bond donors (Lipinski definition) is 1. The molecule has 1 saturated carbocycles. The van der Waals surface area contributed by atoms with Crippen LogP contribution in [-0.2, 0) is 4.79 Å². The van der Waals surface area contributed by atoms with Crippen molar-refractivity contribution < 1.29 is 4.79 Å². The first-order chi connectivity index (χ1) is 8.58. The van der Waals surface area contributed by atoms with Gasteiger partial charge in [0, 0.05) is 25.0 Å². The second kappa shape index (κ2) is 7.49. The molecule has 4 atom stereocenters. The van der Waals surface area contributed by atoms with Crippen molar-refractivity contribution in [1.29, 1.82) is 0 Å². The second-order valence-corrected chi connectivity index (χ2v) is 6.49. The maximum Gasteiger partial charge on any atom is 0.223 e. The predicted octanol–water partition coefficient (Wildman–Crippen LogP) is 2.96. The van der Waals surface area contributed by atoms with Crippen molar-refractivity contribution in [3.63, 3.8) is 0 Å². The predicted molar refractivity (Wildman–Crippen MR) is 81.4 cm³/mol. The lowest BCUT2D eigenvalue weighted by molar-refractivity contribution is -0.134. The molecule has 0 aromatic carbocycles. The SMILES string of the molecule is CC1CCCC(C)N(C(=O)C[C@@H]2CCC[C@H]2N)C1.Cl. The van der Waals surface area contributed by atoms with Gasteiger partial charge in [-0.15, -0.1) is 12.4 Å². The molecule has 2 aliphatic rings. The number of nitrogens with zero attached hydrogens (tertiary/aromatic N) is 1. The summed E-state index contributed by atoms with van der Waals surface area (Å²) in [4.78, 5) is 14.6.